The van der Waals surface area contributed by atoms with Crippen molar-refractivity contribution >= 4 is 12.6 Å². The van der Waals surface area contributed by atoms with Crippen LogP contribution in [-0.2, 0) is 0 Å². The van der Waals surface area contributed by atoms with E-state index < -0.39 is 0 Å². The van der Waals surface area contributed by atoms with Gasteiger partial charge in [-0.15, -0.1) is 0 Å². The molecule has 0 aliphatic heterocycles. The van der Waals surface area contributed by atoms with Crippen LogP contribution in [0.15, 0.2) is 0 Å². The summed E-state index contributed by atoms with van der Waals surface area (Å²) in [5.41, 5.74) is 0. The van der Waals surface area contributed by atoms with Crippen molar-refractivity contribution in [2.24, 2.45) is 11.8 Å². The van der Waals surface area contributed by atoms with Gasteiger partial charge in [0.15, 0.2) is 0 Å². The Morgan fingerprint density at radius 3 is 2.50 bits per heavy atom. The van der Waals surface area contributed by atoms with Crippen molar-refractivity contribution in [3.05, 3.63) is 0 Å². The quantitative estimate of drug-likeness (QED) is 0.584. The van der Waals surface area contributed by atoms with Gasteiger partial charge >= 0.3 is 0 Å². The molecular weight excluding hydrogens is 188 g/mol. The third-order valence-electron chi connectivity index (χ3n) is 3.70. The lowest BCUT2D eigenvalue weighted by molar-refractivity contribution is 0.276. The predicted octanol–water partition coefficient (Wildman–Crippen LogP) is 4.69. The molecule has 0 amide bonds. The molecule has 0 heterocycles. The fraction of sp³-hybridized carbons (Fsp3) is 1.00. The topological polar surface area (TPSA) is 0 Å². The van der Waals surface area contributed by atoms with Crippen LogP contribution in [0.2, 0.25) is 0 Å². The molecule has 0 aromatic rings. The van der Waals surface area contributed by atoms with Gasteiger partial charge in [0.2, 0.25) is 0 Å². The molecule has 0 nitrogen and oxygen atoms in total. The Kier molecular flexibility index (Phi) is 6.00. The second-order valence-electron chi connectivity index (χ2n) is 5.09. The zero-order chi connectivity index (χ0) is 10.4. The first-order valence-electron chi connectivity index (χ1n) is 6.40. The maximum absolute atomic E-state index is 4.48. The third kappa shape index (κ3) is 4.72. The molecule has 1 fully saturated rings. The molecule has 0 aromatic carbocycles. The van der Waals surface area contributed by atoms with E-state index in [1.54, 1.807) is 0 Å². The molecule has 1 heteroatoms. The highest BCUT2D eigenvalue weighted by atomic mass is 32.1. The standard InChI is InChI=1S/C13H26S/c1-3-12(10-11(2)14)6-4-7-13-8-5-9-13/h11-14H,3-10H2,1-2H3. The summed E-state index contributed by atoms with van der Waals surface area (Å²) in [5, 5.41) is 0.587. The van der Waals surface area contributed by atoms with E-state index in [2.05, 4.69) is 26.5 Å². The molecule has 14 heavy (non-hydrogen) atoms. The smallest absolute Gasteiger partial charge is 0.000896 e. The van der Waals surface area contributed by atoms with Crippen LogP contribution in [0.3, 0.4) is 0 Å². The van der Waals surface area contributed by atoms with Crippen molar-refractivity contribution in [3.63, 3.8) is 0 Å². The molecule has 1 aliphatic carbocycles. The van der Waals surface area contributed by atoms with Crippen LogP contribution in [0, 0.1) is 11.8 Å². The number of hydrogen-bond acceptors (Lipinski definition) is 1. The number of thiol groups is 1. The van der Waals surface area contributed by atoms with Crippen LogP contribution in [-0.4, -0.2) is 5.25 Å². The summed E-state index contributed by atoms with van der Waals surface area (Å²) < 4.78 is 0. The minimum atomic E-state index is 0.587. The van der Waals surface area contributed by atoms with E-state index in [1.165, 1.54) is 51.4 Å². The van der Waals surface area contributed by atoms with Gasteiger partial charge < -0.3 is 0 Å². The summed E-state index contributed by atoms with van der Waals surface area (Å²) in [6, 6.07) is 0. The van der Waals surface area contributed by atoms with E-state index >= 15 is 0 Å². The summed E-state index contributed by atoms with van der Waals surface area (Å²) in [6.45, 7) is 4.54. The van der Waals surface area contributed by atoms with Gasteiger partial charge in [-0.3, -0.25) is 0 Å². The SMILES string of the molecule is CCC(CCCC1CCC1)CC(C)S. The Labute approximate surface area is 95.3 Å². The van der Waals surface area contributed by atoms with E-state index in [-0.39, 0.29) is 0 Å². The Bertz CT molecular complexity index is 138. The number of hydrogen-bond donors (Lipinski definition) is 1. The summed E-state index contributed by atoms with van der Waals surface area (Å²) in [4.78, 5) is 0. The molecule has 2 atom stereocenters. The third-order valence-corrected chi connectivity index (χ3v) is 3.91. The van der Waals surface area contributed by atoms with Crippen LogP contribution < -0.4 is 0 Å². The lowest BCUT2D eigenvalue weighted by Gasteiger charge is -2.26. The van der Waals surface area contributed by atoms with Crippen LogP contribution >= 0.6 is 12.6 Å². The van der Waals surface area contributed by atoms with Gasteiger partial charge in [0.1, 0.15) is 0 Å². The van der Waals surface area contributed by atoms with Gasteiger partial charge in [0, 0.05) is 0 Å². The highest BCUT2D eigenvalue weighted by Gasteiger charge is 2.17. The van der Waals surface area contributed by atoms with Crippen molar-refractivity contribution in [2.45, 2.75) is 70.5 Å². The lowest BCUT2D eigenvalue weighted by atomic mass is 9.80. The van der Waals surface area contributed by atoms with Gasteiger partial charge in [-0.1, -0.05) is 58.8 Å². The lowest BCUT2D eigenvalue weighted by Crippen LogP contribution is -2.12. The first kappa shape index (κ1) is 12.4. The molecule has 0 saturated heterocycles. The van der Waals surface area contributed by atoms with Crippen LogP contribution in [0.25, 0.3) is 0 Å². The molecule has 1 rings (SSSR count). The normalized spacial score (nSPS) is 21.6. The van der Waals surface area contributed by atoms with Gasteiger partial charge in [-0.05, 0) is 23.5 Å². The van der Waals surface area contributed by atoms with E-state index in [4.69, 9.17) is 0 Å². The molecule has 1 aliphatic rings. The van der Waals surface area contributed by atoms with Crippen molar-refractivity contribution in [1.29, 1.82) is 0 Å². The van der Waals surface area contributed by atoms with Gasteiger partial charge in [0.25, 0.3) is 0 Å². The average Bonchev–Trinajstić information content (AvgIpc) is 2.06. The summed E-state index contributed by atoms with van der Waals surface area (Å²) >= 11 is 4.48. The summed E-state index contributed by atoms with van der Waals surface area (Å²) in [6.07, 6.45) is 11.6. The average molecular weight is 214 g/mol. The second kappa shape index (κ2) is 6.76. The highest BCUT2D eigenvalue weighted by Crippen LogP contribution is 2.32. The minimum absolute atomic E-state index is 0.587. The van der Waals surface area contributed by atoms with Crippen molar-refractivity contribution in [1.82, 2.24) is 0 Å². The minimum Gasteiger partial charge on any atom is -0.176 e. The molecular formula is C13H26S. The van der Waals surface area contributed by atoms with E-state index in [0.717, 1.165) is 11.8 Å². The Morgan fingerprint density at radius 2 is 2.07 bits per heavy atom. The largest absolute Gasteiger partial charge is 0.176 e. The zero-order valence-corrected chi connectivity index (χ0v) is 10.7. The van der Waals surface area contributed by atoms with Crippen molar-refractivity contribution < 1.29 is 0 Å². The maximum Gasteiger partial charge on any atom is -0.000896 e. The van der Waals surface area contributed by atoms with Gasteiger partial charge in [0.05, 0.1) is 0 Å². The van der Waals surface area contributed by atoms with Crippen LogP contribution in [0.5, 0.6) is 0 Å². The molecule has 0 spiro atoms. The summed E-state index contributed by atoms with van der Waals surface area (Å²) in [7, 11) is 0. The van der Waals surface area contributed by atoms with Gasteiger partial charge in [-0.2, -0.15) is 12.6 Å². The molecule has 84 valence electrons. The summed E-state index contributed by atoms with van der Waals surface area (Å²) in [5.74, 6) is 2.03. The second-order valence-corrected chi connectivity index (χ2v) is 5.97. The Hall–Kier alpha value is 0.350. The van der Waals surface area contributed by atoms with Crippen molar-refractivity contribution in [3.8, 4) is 0 Å². The van der Waals surface area contributed by atoms with E-state index in [1.807, 2.05) is 0 Å². The maximum atomic E-state index is 4.48. The Morgan fingerprint density at radius 1 is 1.36 bits per heavy atom. The fourth-order valence-corrected chi connectivity index (χ4v) is 2.75. The molecule has 0 bridgehead atoms. The first-order chi connectivity index (χ1) is 6.72. The van der Waals surface area contributed by atoms with Gasteiger partial charge in [-0.25, -0.2) is 0 Å². The molecule has 1 saturated carbocycles. The molecule has 0 aromatic heterocycles. The molecule has 2 unspecified atom stereocenters. The van der Waals surface area contributed by atoms with E-state index in [9.17, 15) is 0 Å². The number of rotatable bonds is 7. The fourth-order valence-electron chi connectivity index (χ4n) is 2.45. The van der Waals surface area contributed by atoms with E-state index in [0.29, 0.717) is 5.25 Å². The highest BCUT2D eigenvalue weighted by molar-refractivity contribution is 7.80. The van der Waals surface area contributed by atoms with Crippen LogP contribution in [0.4, 0.5) is 0 Å². The zero-order valence-electron chi connectivity index (χ0n) is 9.84. The van der Waals surface area contributed by atoms with Crippen molar-refractivity contribution in [2.75, 3.05) is 0 Å². The monoisotopic (exact) mass is 214 g/mol. The van der Waals surface area contributed by atoms with Crippen LogP contribution in [0.1, 0.15) is 65.2 Å². The first-order valence-corrected chi connectivity index (χ1v) is 6.92. The molecule has 0 radical (unpaired) electrons. The Balaban J connectivity index is 2.01. The molecule has 0 N–H and O–H groups in total. The predicted molar refractivity (Wildman–Crippen MR) is 68.0 cm³/mol.